The summed E-state index contributed by atoms with van der Waals surface area (Å²) in [4.78, 5) is 18.5. The Bertz CT molecular complexity index is 434. The standard InChI is InChI=1S/C14H21N3O2/c1-19-10-11-3-2-6-17(9-11)14(18)12-4-5-16-13(7-12)8-15/h4-5,7,11H,2-3,6,8-10,15H2,1H3. The Balaban J connectivity index is 2.05. The molecule has 1 aromatic heterocycles. The van der Waals surface area contributed by atoms with E-state index in [4.69, 9.17) is 10.5 Å². The fraction of sp³-hybridized carbons (Fsp3) is 0.571. The van der Waals surface area contributed by atoms with Gasteiger partial charge in [0.05, 0.1) is 12.3 Å². The van der Waals surface area contributed by atoms with Gasteiger partial charge in [-0.3, -0.25) is 9.78 Å². The molecule has 1 amide bonds. The summed E-state index contributed by atoms with van der Waals surface area (Å²) in [5.41, 5.74) is 6.98. The van der Waals surface area contributed by atoms with Crippen LogP contribution in [0.4, 0.5) is 0 Å². The van der Waals surface area contributed by atoms with Crippen LogP contribution in [0.25, 0.3) is 0 Å². The van der Waals surface area contributed by atoms with Crippen LogP contribution in [0.2, 0.25) is 0 Å². The van der Waals surface area contributed by atoms with Gasteiger partial charge in [-0.2, -0.15) is 0 Å². The van der Waals surface area contributed by atoms with E-state index in [0.29, 0.717) is 24.6 Å². The Kier molecular flexibility index (Phi) is 4.87. The third-order valence-corrected chi connectivity index (χ3v) is 3.48. The largest absolute Gasteiger partial charge is 0.384 e. The van der Waals surface area contributed by atoms with Gasteiger partial charge in [0.2, 0.25) is 0 Å². The van der Waals surface area contributed by atoms with Gasteiger partial charge in [-0.1, -0.05) is 0 Å². The van der Waals surface area contributed by atoms with E-state index in [1.807, 2.05) is 4.90 Å². The highest BCUT2D eigenvalue weighted by Gasteiger charge is 2.24. The summed E-state index contributed by atoms with van der Waals surface area (Å²) in [7, 11) is 1.71. The van der Waals surface area contributed by atoms with E-state index >= 15 is 0 Å². The van der Waals surface area contributed by atoms with Gasteiger partial charge in [-0.15, -0.1) is 0 Å². The molecule has 0 bridgehead atoms. The van der Waals surface area contributed by atoms with Crippen LogP contribution in [0.15, 0.2) is 18.3 Å². The maximum absolute atomic E-state index is 12.4. The van der Waals surface area contributed by atoms with Crippen molar-refractivity contribution in [3.63, 3.8) is 0 Å². The third kappa shape index (κ3) is 3.52. The van der Waals surface area contributed by atoms with Crippen molar-refractivity contribution in [2.45, 2.75) is 19.4 Å². The number of hydrogen-bond donors (Lipinski definition) is 1. The molecule has 1 unspecified atom stereocenters. The lowest BCUT2D eigenvalue weighted by atomic mass is 9.98. The Hall–Kier alpha value is -1.46. The molecule has 5 nitrogen and oxygen atoms in total. The van der Waals surface area contributed by atoms with Crippen LogP contribution in [0.1, 0.15) is 28.9 Å². The number of methoxy groups -OCH3 is 1. The zero-order valence-electron chi connectivity index (χ0n) is 11.3. The monoisotopic (exact) mass is 263 g/mol. The van der Waals surface area contributed by atoms with Gasteiger partial charge in [0.25, 0.3) is 5.91 Å². The second-order valence-electron chi connectivity index (χ2n) is 4.95. The second-order valence-corrected chi connectivity index (χ2v) is 4.95. The van der Waals surface area contributed by atoms with Crippen molar-refractivity contribution in [2.24, 2.45) is 11.7 Å². The quantitative estimate of drug-likeness (QED) is 0.881. The van der Waals surface area contributed by atoms with Gasteiger partial charge in [0, 0.05) is 38.5 Å². The molecule has 0 saturated carbocycles. The molecule has 0 spiro atoms. The molecular formula is C14H21N3O2. The van der Waals surface area contributed by atoms with Gasteiger partial charge in [-0.05, 0) is 30.9 Å². The predicted octanol–water partition coefficient (Wildman–Crippen LogP) is 1.04. The summed E-state index contributed by atoms with van der Waals surface area (Å²) in [6.07, 6.45) is 3.81. The number of pyridine rings is 1. The Morgan fingerprint density at radius 1 is 1.63 bits per heavy atom. The second kappa shape index (κ2) is 6.63. The number of nitrogens with zero attached hydrogens (tertiary/aromatic N) is 2. The lowest BCUT2D eigenvalue weighted by Gasteiger charge is -2.32. The number of amides is 1. The molecule has 1 aliphatic rings. The van der Waals surface area contributed by atoms with Gasteiger partial charge in [0.15, 0.2) is 0 Å². The molecule has 0 aromatic carbocycles. The third-order valence-electron chi connectivity index (χ3n) is 3.48. The summed E-state index contributed by atoms with van der Waals surface area (Å²) in [6.45, 7) is 2.66. The summed E-state index contributed by atoms with van der Waals surface area (Å²) < 4.78 is 5.19. The predicted molar refractivity (Wildman–Crippen MR) is 72.6 cm³/mol. The van der Waals surface area contributed by atoms with E-state index in [1.165, 1.54) is 0 Å². The first kappa shape index (κ1) is 14.0. The van der Waals surface area contributed by atoms with Crippen molar-refractivity contribution in [1.29, 1.82) is 0 Å². The van der Waals surface area contributed by atoms with Crippen LogP contribution >= 0.6 is 0 Å². The van der Waals surface area contributed by atoms with Gasteiger partial charge in [0.1, 0.15) is 0 Å². The van der Waals surface area contributed by atoms with Crippen LogP contribution < -0.4 is 5.73 Å². The normalized spacial score (nSPS) is 19.5. The van der Waals surface area contributed by atoms with Crippen molar-refractivity contribution in [2.75, 3.05) is 26.8 Å². The molecule has 5 heteroatoms. The maximum atomic E-state index is 12.4. The number of hydrogen-bond acceptors (Lipinski definition) is 4. The molecule has 1 fully saturated rings. The van der Waals surface area contributed by atoms with Gasteiger partial charge in [-0.25, -0.2) is 0 Å². The molecule has 1 atom stereocenters. The molecule has 2 rings (SSSR count). The van der Waals surface area contributed by atoms with Gasteiger partial charge < -0.3 is 15.4 Å². The number of piperidine rings is 1. The van der Waals surface area contributed by atoms with E-state index in [-0.39, 0.29) is 5.91 Å². The summed E-state index contributed by atoms with van der Waals surface area (Å²) in [6, 6.07) is 3.53. The fourth-order valence-electron chi connectivity index (χ4n) is 2.53. The highest BCUT2D eigenvalue weighted by molar-refractivity contribution is 5.94. The van der Waals surface area contributed by atoms with Crippen LogP contribution in [0, 0.1) is 5.92 Å². The average Bonchev–Trinajstić information content (AvgIpc) is 2.47. The van der Waals surface area contributed by atoms with Crippen LogP contribution in [-0.4, -0.2) is 42.6 Å². The highest BCUT2D eigenvalue weighted by Crippen LogP contribution is 2.19. The molecule has 2 N–H and O–H groups in total. The SMILES string of the molecule is COCC1CCCN(C(=O)c2ccnc(CN)c2)C1. The molecule has 2 heterocycles. The minimum Gasteiger partial charge on any atom is -0.384 e. The minimum absolute atomic E-state index is 0.0675. The first-order valence-corrected chi connectivity index (χ1v) is 6.67. The number of carbonyl (C=O) groups excluding carboxylic acids is 1. The molecule has 1 aromatic rings. The zero-order chi connectivity index (χ0) is 13.7. The first-order chi connectivity index (χ1) is 9.24. The van der Waals surface area contributed by atoms with Gasteiger partial charge >= 0.3 is 0 Å². The topological polar surface area (TPSA) is 68.5 Å². The minimum atomic E-state index is 0.0675. The van der Waals surface area contributed by atoms with E-state index in [1.54, 1.807) is 25.4 Å². The van der Waals surface area contributed by atoms with E-state index < -0.39 is 0 Å². The summed E-state index contributed by atoms with van der Waals surface area (Å²) >= 11 is 0. The number of likely N-dealkylation sites (tertiary alicyclic amines) is 1. The van der Waals surface area contributed by atoms with Crippen molar-refractivity contribution in [3.8, 4) is 0 Å². The molecule has 0 aliphatic carbocycles. The average molecular weight is 263 g/mol. The lowest BCUT2D eigenvalue weighted by molar-refractivity contribution is 0.0570. The zero-order valence-corrected chi connectivity index (χ0v) is 11.3. The smallest absolute Gasteiger partial charge is 0.253 e. The number of carbonyl (C=O) groups is 1. The molecule has 104 valence electrons. The number of ether oxygens (including phenoxy) is 1. The fourth-order valence-corrected chi connectivity index (χ4v) is 2.53. The van der Waals surface area contributed by atoms with Crippen LogP contribution in [-0.2, 0) is 11.3 Å². The molecular weight excluding hydrogens is 242 g/mol. The van der Waals surface area contributed by atoms with Crippen molar-refractivity contribution < 1.29 is 9.53 Å². The van der Waals surface area contributed by atoms with Crippen LogP contribution in [0.5, 0.6) is 0 Å². The Morgan fingerprint density at radius 2 is 2.47 bits per heavy atom. The van der Waals surface area contributed by atoms with E-state index in [2.05, 4.69) is 4.98 Å². The maximum Gasteiger partial charge on any atom is 0.253 e. The van der Waals surface area contributed by atoms with Crippen molar-refractivity contribution in [3.05, 3.63) is 29.6 Å². The lowest BCUT2D eigenvalue weighted by Crippen LogP contribution is -2.41. The molecule has 19 heavy (non-hydrogen) atoms. The Labute approximate surface area is 113 Å². The molecule has 1 aliphatic heterocycles. The first-order valence-electron chi connectivity index (χ1n) is 6.67. The number of nitrogens with two attached hydrogens (primary N) is 1. The van der Waals surface area contributed by atoms with E-state index in [9.17, 15) is 4.79 Å². The van der Waals surface area contributed by atoms with Crippen LogP contribution in [0.3, 0.4) is 0 Å². The molecule has 1 saturated heterocycles. The number of rotatable bonds is 4. The van der Waals surface area contributed by atoms with Crippen molar-refractivity contribution >= 4 is 5.91 Å². The van der Waals surface area contributed by atoms with Crippen molar-refractivity contribution in [1.82, 2.24) is 9.88 Å². The summed E-state index contributed by atoms with van der Waals surface area (Å²) in [5.74, 6) is 0.511. The number of aromatic nitrogens is 1. The Morgan fingerprint density at radius 3 is 3.21 bits per heavy atom. The molecule has 0 radical (unpaired) electrons. The summed E-state index contributed by atoms with van der Waals surface area (Å²) in [5, 5.41) is 0. The highest BCUT2D eigenvalue weighted by atomic mass is 16.5. The van der Waals surface area contributed by atoms with E-state index in [0.717, 1.165) is 31.6 Å².